The number of carbonyl (C=O) groups is 2. The van der Waals surface area contributed by atoms with E-state index in [0.717, 1.165) is 5.01 Å². The van der Waals surface area contributed by atoms with Crippen molar-refractivity contribution < 1.29 is 14.3 Å². The fourth-order valence-electron chi connectivity index (χ4n) is 1.06. The highest BCUT2D eigenvalue weighted by molar-refractivity contribution is 5.79. The van der Waals surface area contributed by atoms with Crippen LogP contribution in [0.15, 0.2) is 5.10 Å². The molecule has 0 aromatic carbocycles. The van der Waals surface area contributed by atoms with Crippen LogP contribution in [0.25, 0.3) is 0 Å². The molecule has 1 aliphatic rings. The van der Waals surface area contributed by atoms with Crippen LogP contribution in [0, 0.1) is 0 Å². The Bertz CT molecular complexity index is 215. The van der Waals surface area contributed by atoms with Crippen molar-refractivity contribution in [1.29, 1.82) is 0 Å². The van der Waals surface area contributed by atoms with E-state index in [-0.39, 0.29) is 0 Å². The van der Waals surface area contributed by atoms with Crippen LogP contribution in [0.1, 0.15) is 12.8 Å². The molecule has 1 rings (SSSR count). The molecule has 0 aromatic heterocycles. The molecule has 1 amide bonds. The Labute approximate surface area is 70.0 Å². The minimum atomic E-state index is -0.544. The highest BCUT2D eigenvalue weighted by Gasteiger charge is 2.26. The van der Waals surface area contributed by atoms with Gasteiger partial charge >= 0.3 is 5.97 Å². The number of esters is 1. The number of hydrogen-bond acceptors (Lipinski definition) is 4. The molecule has 0 spiro atoms. The third kappa shape index (κ3) is 1.61. The third-order valence-corrected chi connectivity index (χ3v) is 1.68. The molecule has 66 valence electrons. The van der Waals surface area contributed by atoms with Crippen molar-refractivity contribution in [2.75, 3.05) is 7.11 Å². The molecule has 0 saturated heterocycles. The van der Waals surface area contributed by atoms with Crippen LogP contribution in [-0.4, -0.2) is 36.8 Å². The lowest BCUT2D eigenvalue weighted by Gasteiger charge is -2.23. The van der Waals surface area contributed by atoms with Crippen LogP contribution in [-0.2, 0) is 14.3 Å². The number of rotatable bonds is 2. The molecule has 5 heteroatoms. The zero-order chi connectivity index (χ0) is 8.97. The molecule has 1 atom stereocenters. The lowest BCUT2D eigenvalue weighted by atomic mass is 10.1. The molecule has 1 heterocycles. The number of nitrogens with zero attached hydrogens (tertiary/aromatic N) is 2. The van der Waals surface area contributed by atoms with E-state index >= 15 is 0 Å². The first-order valence-electron chi connectivity index (χ1n) is 3.63. The van der Waals surface area contributed by atoms with Gasteiger partial charge in [0.2, 0.25) is 6.41 Å². The average Bonchev–Trinajstić information content (AvgIpc) is 2.16. The average molecular weight is 170 g/mol. The molecule has 0 radical (unpaired) electrons. The van der Waals surface area contributed by atoms with E-state index in [1.165, 1.54) is 7.11 Å². The zero-order valence-electron chi connectivity index (χ0n) is 6.77. The van der Waals surface area contributed by atoms with Crippen molar-refractivity contribution in [3.8, 4) is 0 Å². The lowest BCUT2D eigenvalue weighted by Crippen LogP contribution is -2.39. The molecular formula is C7H10N2O3. The molecule has 0 N–H and O–H groups in total. The number of amides is 1. The molecule has 0 unspecified atom stereocenters. The minimum Gasteiger partial charge on any atom is -0.467 e. The van der Waals surface area contributed by atoms with Crippen molar-refractivity contribution in [2.45, 2.75) is 18.9 Å². The second-order valence-electron chi connectivity index (χ2n) is 2.40. The highest BCUT2D eigenvalue weighted by atomic mass is 16.5. The third-order valence-electron chi connectivity index (χ3n) is 1.68. The SMILES string of the molecule is COC(=O)[C@@H]1CCC=NN1C=O. The molecule has 1 aliphatic heterocycles. The fraction of sp³-hybridized carbons (Fsp3) is 0.571. The largest absolute Gasteiger partial charge is 0.467 e. The van der Waals surface area contributed by atoms with E-state index in [2.05, 4.69) is 9.84 Å². The van der Waals surface area contributed by atoms with E-state index in [4.69, 9.17) is 0 Å². The first kappa shape index (κ1) is 8.70. The molecule has 5 nitrogen and oxygen atoms in total. The first-order valence-corrected chi connectivity index (χ1v) is 3.63. The van der Waals surface area contributed by atoms with Gasteiger partial charge in [0.25, 0.3) is 0 Å². The van der Waals surface area contributed by atoms with Crippen LogP contribution >= 0.6 is 0 Å². The molecule has 0 saturated carbocycles. The van der Waals surface area contributed by atoms with Crippen molar-refractivity contribution >= 4 is 18.6 Å². The van der Waals surface area contributed by atoms with Gasteiger partial charge in [-0.2, -0.15) is 5.10 Å². The standard InChI is InChI=1S/C7H10N2O3/c1-12-7(11)6-3-2-4-8-9(6)5-10/h4-6H,2-3H2,1H3/t6-/m0/s1. The maximum atomic E-state index is 11.0. The number of carbonyl (C=O) groups excluding carboxylic acids is 2. The Morgan fingerprint density at radius 2 is 2.58 bits per heavy atom. The summed E-state index contributed by atoms with van der Waals surface area (Å²) in [6, 6.07) is -0.544. The predicted molar refractivity (Wildman–Crippen MR) is 41.4 cm³/mol. The number of methoxy groups -OCH3 is 1. The molecule has 0 fully saturated rings. The van der Waals surface area contributed by atoms with Gasteiger partial charge < -0.3 is 4.74 Å². The normalized spacial score (nSPS) is 22.1. The van der Waals surface area contributed by atoms with Gasteiger partial charge in [-0.3, -0.25) is 4.79 Å². The minimum absolute atomic E-state index is 0.418. The van der Waals surface area contributed by atoms with E-state index < -0.39 is 12.0 Å². The van der Waals surface area contributed by atoms with Crippen LogP contribution in [0.2, 0.25) is 0 Å². The van der Waals surface area contributed by atoms with Crippen molar-refractivity contribution in [3.63, 3.8) is 0 Å². The predicted octanol–water partition coefficient (Wildman–Crippen LogP) is -0.234. The summed E-state index contributed by atoms with van der Waals surface area (Å²) in [6.07, 6.45) is 3.41. The van der Waals surface area contributed by atoms with Crippen molar-refractivity contribution in [1.82, 2.24) is 5.01 Å². The molecule has 0 bridgehead atoms. The van der Waals surface area contributed by atoms with Gasteiger partial charge in [-0.25, -0.2) is 9.80 Å². The number of hydrazone groups is 1. The first-order chi connectivity index (χ1) is 5.79. The summed E-state index contributed by atoms with van der Waals surface area (Å²) in [5.41, 5.74) is 0. The summed E-state index contributed by atoms with van der Waals surface area (Å²) in [6.45, 7) is 0. The van der Waals surface area contributed by atoms with Gasteiger partial charge in [0.15, 0.2) is 6.04 Å². The van der Waals surface area contributed by atoms with Crippen LogP contribution in [0.5, 0.6) is 0 Å². The van der Waals surface area contributed by atoms with Gasteiger partial charge in [-0.1, -0.05) is 0 Å². The second-order valence-corrected chi connectivity index (χ2v) is 2.40. The highest BCUT2D eigenvalue weighted by Crippen LogP contribution is 2.11. The summed E-state index contributed by atoms with van der Waals surface area (Å²) in [4.78, 5) is 21.4. The van der Waals surface area contributed by atoms with Gasteiger partial charge in [0.05, 0.1) is 7.11 Å². The summed E-state index contributed by atoms with van der Waals surface area (Å²) in [5, 5.41) is 4.82. The summed E-state index contributed by atoms with van der Waals surface area (Å²) >= 11 is 0. The molecular weight excluding hydrogens is 160 g/mol. The van der Waals surface area contributed by atoms with E-state index in [0.29, 0.717) is 19.3 Å². The Hall–Kier alpha value is -1.39. The quantitative estimate of drug-likeness (QED) is 0.424. The van der Waals surface area contributed by atoms with Crippen molar-refractivity contribution in [2.24, 2.45) is 5.10 Å². The van der Waals surface area contributed by atoms with Gasteiger partial charge in [-0.05, 0) is 12.8 Å². The fourth-order valence-corrected chi connectivity index (χ4v) is 1.06. The summed E-state index contributed by atoms with van der Waals surface area (Å²) < 4.78 is 4.51. The van der Waals surface area contributed by atoms with Crippen LogP contribution < -0.4 is 0 Å². The Morgan fingerprint density at radius 3 is 3.17 bits per heavy atom. The molecule has 12 heavy (non-hydrogen) atoms. The lowest BCUT2D eigenvalue weighted by molar-refractivity contribution is -0.150. The maximum absolute atomic E-state index is 11.0. The van der Waals surface area contributed by atoms with Crippen LogP contribution in [0.3, 0.4) is 0 Å². The number of ether oxygens (including phenoxy) is 1. The van der Waals surface area contributed by atoms with E-state index in [9.17, 15) is 9.59 Å². The topological polar surface area (TPSA) is 59.0 Å². The summed E-state index contributed by atoms with van der Waals surface area (Å²) in [5.74, 6) is -0.418. The summed E-state index contributed by atoms with van der Waals surface area (Å²) in [7, 11) is 1.30. The van der Waals surface area contributed by atoms with Crippen LogP contribution in [0.4, 0.5) is 0 Å². The molecule has 0 aliphatic carbocycles. The van der Waals surface area contributed by atoms with Gasteiger partial charge in [-0.15, -0.1) is 0 Å². The van der Waals surface area contributed by atoms with Gasteiger partial charge in [0, 0.05) is 6.21 Å². The Morgan fingerprint density at radius 1 is 1.83 bits per heavy atom. The second kappa shape index (κ2) is 3.85. The van der Waals surface area contributed by atoms with Gasteiger partial charge in [0.1, 0.15) is 0 Å². The van der Waals surface area contributed by atoms with E-state index in [1.54, 1.807) is 6.21 Å². The van der Waals surface area contributed by atoms with E-state index in [1.807, 2.05) is 0 Å². The maximum Gasteiger partial charge on any atom is 0.330 e. The Balaban J connectivity index is 2.68. The van der Waals surface area contributed by atoms with Crippen molar-refractivity contribution in [3.05, 3.63) is 0 Å². The Kier molecular flexibility index (Phi) is 2.79. The number of hydrogen-bond donors (Lipinski definition) is 0. The monoisotopic (exact) mass is 170 g/mol. The zero-order valence-corrected chi connectivity index (χ0v) is 6.77. The molecule has 0 aromatic rings. The smallest absolute Gasteiger partial charge is 0.330 e.